The molecule has 0 N–H and O–H groups in total. The minimum atomic E-state index is -5.01. The summed E-state index contributed by atoms with van der Waals surface area (Å²) in [5.74, 6) is -1.83. The monoisotopic (exact) mass is 772 g/mol. The zero-order chi connectivity index (χ0) is 39.8. The number of ether oxygens (including phenoxy) is 2. The second-order valence-corrected chi connectivity index (χ2v) is 24.8. The maximum absolute atomic E-state index is 15.1. The van der Waals surface area contributed by atoms with Crippen molar-refractivity contribution in [1.82, 2.24) is 0 Å². The number of carbonyl (C=O) groups excluding carboxylic acids is 2. The number of fused-ring (bicyclic) bond motifs is 7. The lowest BCUT2D eigenvalue weighted by Gasteiger charge is -2.72. The second-order valence-electron chi connectivity index (χ2n) is 20.1. The fourth-order valence-electron chi connectivity index (χ4n) is 13.4. The standard InChI is InChI=1S/C45H67F3O5Si/c1-11-54(12-2,13-3)53-36-28-43(10)31(32-27-39(4,5)25-26-44(32,36)37(49)51-29-30-17-15-14-16-18-30)19-20-34-41(8)23-22-35(52-38(50)45(46,47)48)40(6,7)33(41)21-24-42(34,43)9/h14-19,32-36H,11-13,20-29H2,1-10H3/t32-,33-,34+,35-,36+,41-,42+,43+,44+/m0/s1. The number of hydrogen-bond donors (Lipinski definition) is 0. The molecule has 0 bridgehead atoms. The fourth-order valence-corrected chi connectivity index (χ4v) is 16.3. The topological polar surface area (TPSA) is 61.8 Å². The molecule has 1 aromatic rings. The lowest BCUT2D eigenvalue weighted by molar-refractivity contribution is -0.237. The number of allylic oxidation sites excluding steroid dienone is 2. The molecule has 5 aliphatic carbocycles. The number of rotatable bonds is 9. The molecule has 9 heteroatoms. The Morgan fingerprint density at radius 3 is 2.07 bits per heavy atom. The van der Waals surface area contributed by atoms with E-state index < -0.39 is 37.4 Å². The molecule has 9 atom stereocenters. The molecular weight excluding hydrogens is 706 g/mol. The SMILES string of the molecule is CC[Si](CC)(CC)O[C@@H]1C[C@]2(C)C(=CC[C@@H]3[C@@]4(C)CC[C@H](OC(=O)C(F)(F)F)C(C)(C)[C@@H]4CC[C@]32C)[C@@H]2CC(C)(C)CC[C@]12C(=O)OCc1ccccc1. The molecule has 4 fully saturated rings. The predicted octanol–water partition coefficient (Wildman–Crippen LogP) is 12.0. The van der Waals surface area contributed by atoms with Gasteiger partial charge in [-0.05, 0) is 121 Å². The molecule has 5 nitrogen and oxygen atoms in total. The Bertz CT molecular complexity index is 1590. The Labute approximate surface area is 324 Å². The number of esters is 2. The van der Waals surface area contributed by atoms with E-state index >= 15 is 4.79 Å². The van der Waals surface area contributed by atoms with E-state index in [4.69, 9.17) is 13.9 Å². The normalized spacial score (nSPS) is 38.5. The van der Waals surface area contributed by atoms with E-state index in [9.17, 15) is 18.0 Å². The van der Waals surface area contributed by atoms with Gasteiger partial charge in [-0.2, -0.15) is 13.2 Å². The summed E-state index contributed by atoms with van der Waals surface area (Å²) in [7, 11) is -2.20. The van der Waals surface area contributed by atoms with Crippen LogP contribution in [0.15, 0.2) is 42.0 Å². The second kappa shape index (κ2) is 14.1. The molecule has 0 aliphatic heterocycles. The number of benzene rings is 1. The van der Waals surface area contributed by atoms with E-state index in [-0.39, 0.29) is 58.1 Å². The van der Waals surface area contributed by atoms with Crippen LogP contribution in [0, 0.1) is 50.2 Å². The van der Waals surface area contributed by atoms with Crippen molar-refractivity contribution in [2.24, 2.45) is 50.2 Å². The Kier molecular flexibility index (Phi) is 10.8. The summed E-state index contributed by atoms with van der Waals surface area (Å²) in [5.41, 5.74) is 0.498. The lowest BCUT2D eigenvalue weighted by Crippen LogP contribution is -2.68. The van der Waals surface area contributed by atoms with Gasteiger partial charge in [-0.25, -0.2) is 4.79 Å². The van der Waals surface area contributed by atoms with Crippen LogP contribution in [0.3, 0.4) is 0 Å². The van der Waals surface area contributed by atoms with Crippen molar-refractivity contribution >= 4 is 20.3 Å². The van der Waals surface area contributed by atoms with Gasteiger partial charge in [-0.1, -0.05) is 111 Å². The van der Waals surface area contributed by atoms with Crippen molar-refractivity contribution in [3.05, 3.63) is 47.5 Å². The minimum absolute atomic E-state index is 0.0113. The molecule has 0 heterocycles. The van der Waals surface area contributed by atoms with E-state index in [0.717, 1.165) is 68.6 Å². The van der Waals surface area contributed by atoms with Crippen molar-refractivity contribution in [3.63, 3.8) is 0 Å². The fraction of sp³-hybridized carbons (Fsp3) is 0.778. The van der Waals surface area contributed by atoms with Crippen molar-refractivity contribution in [2.75, 3.05) is 0 Å². The van der Waals surface area contributed by atoms with E-state index in [0.29, 0.717) is 12.8 Å². The van der Waals surface area contributed by atoms with Crippen LogP contribution in [-0.4, -0.2) is 38.6 Å². The summed E-state index contributed by atoms with van der Waals surface area (Å²) < 4.78 is 59.5. The van der Waals surface area contributed by atoms with Crippen molar-refractivity contribution in [1.29, 1.82) is 0 Å². The third kappa shape index (κ3) is 6.45. The minimum Gasteiger partial charge on any atom is -0.460 e. The predicted molar refractivity (Wildman–Crippen MR) is 209 cm³/mol. The largest absolute Gasteiger partial charge is 0.490 e. The maximum atomic E-state index is 15.1. The third-order valence-corrected chi connectivity index (χ3v) is 21.6. The van der Waals surface area contributed by atoms with Crippen molar-refractivity contribution < 1.29 is 36.7 Å². The van der Waals surface area contributed by atoms with Crippen LogP contribution >= 0.6 is 0 Å². The summed E-state index contributed by atoms with van der Waals surface area (Å²) in [6.07, 6.45) is 3.53. The van der Waals surface area contributed by atoms with E-state index in [1.54, 1.807) is 0 Å². The van der Waals surface area contributed by atoms with Gasteiger partial charge >= 0.3 is 18.1 Å². The van der Waals surface area contributed by atoms with Crippen LogP contribution < -0.4 is 0 Å². The number of hydrogen-bond acceptors (Lipinski definition) is 5. The molecule has 1 aromatic carbocycles. The number of carbonyl (C=O) groups is 2. The first-order valence-electron chi connectivity index (χ1n) is 21.0. The zero-order valence-electron chi connectivity index (χ0n) is 34.7. The van der Waals surface area contributed by atoms with Gasteiger partial charge in [0.2, 0.25) is 0 Å². The Hall–Kier alpha value is -2.13. The first kappa shape index (κ1) is 41.5. The zero-order valence-corrected chi connectivity index (χ0v) is 35.7. The van der Waals surface area contributed by atoms with Crippen LogP contribution in [-0.2, 0) is 30.1 Å². The molecule has 5 aliphatic rings. The maximum Gasteiger partial charge on any atom is 0.490 e. The molecule has 0 aromatic heterocycles. The molecule has 0 saturated heterocycles. The summed E-state index contributed by atoms with van der Waals surface area (Å²) in [6.45, 7) is 23.1. The first-order valence-corrected chi connectivity index (χ1v) is 23.5. The summed E-state index contributed by atoms with van der Waals surface area (Å²) in [4.78, 5) is 27.2. The molecule has 302 valence electrons. The van der Waals surface area contributed by atoms with Crippen LogP contribution in [0.2, 0.25) is 18.1 Å². The smallest absolute Gasteiger partial charge is 0.460 e. The van der Waals surface area contributed by atoms with Gasteiger partial charge in [0.25, 0.3) is 0 Å². The lowest BCUT2D eigenvalue weighted by atomic mass is 9.33. The highest BCUT2D eigenvalue weighted by atomic mass is 28.4. The summed E-state index contributed by atoms with van der Waals surface area (Å²) >= 11 is 0. The van der Waals surface area contributed by atoms with Crippen LogP contribution in [0.5, 0.6) is 0 Å². The molecule has 54 heavy (non-hydrogen) atoms. The van der Waals surface area contributed by atoms with E-state index in [2.05, 4.69) is 61.5 Å². The molecule has 0 unspecified atom stereocenters. The summed E-state index contributed by atoms with van der Waals surface area (Å²) in [6, 6.07) is 13.0. The Morgan fingerprint density at radius 2 is 1.46 bits per heavy atom. The molecule has 4 saturated carbocycles. The van der Waals surface area contributed by atoms with Crippen LogP contribution in [0.25, 0.3) is 0 Å². The average Bonchev–Trinajstić information content (AvgIpc) is 3.10. The Balaban J connectivity index is 1.44. The molecular formula is C45H67F3O5Si. The van der Waals surface area contributed by atoms with Crippen molar-refractivity contribution in [2.45, 2.75) is 170 Å². The van der Waals surface area contributed by atoms with Crippen LogP contribution in [0.1, 0.15) is 133 Å². The first-order chi connectivity index (χ1) is 25.1. The Morgan fingerprint density at radius 1 is 0.815 bits per heavy atom. The highest BCUT2D eigenvalue weighted by Crippen LogP contribution is 2.76. The molecule has 0 amide bonds. The van der Waals surface area contributed by atoms with Gasteiger partial charge in [0.15, 0.2) is 8.32 Å². The molecule has 6 rings (SSSR count). The molecule has 0 spiro atoms. The van der Waals surface area contributed by atoms with Gasteiger partial charge in [0.05, 0.1) is 11.5 Å². The van der Waals surface area contributed by atoms with Gasteiger partial charge < -0.3 is 13.9 Å². The van der Waals surface area contributed by atoms with E-state index in [1.807, 2.05) is 44.2 Å². The van der Waals surface area contributed by atoms with E-state index in [1.165, 1.54) is 5.57 Å². The number of alkyl halides is 3. The van der Waals surface area contributed by atoms with Gasteiger partial charge in [-0.15, -0.1) is 0 Å². The van der Waals surface area contributed by atoms with Gasteiger partial charge in [-0.3, -0.25) is 4.79 Å². The third-order valence-electron chi connectivity index (χ3n) is 17.0. The van der Waals surface area contributed by atoms with Crippen LogP contribution in [0.4, 0.5) is 13.2 Å². The molecule has 0 radical (unpaired) electrons. The van der Waals surface area contributed by atoms with Gasteiger partial charge in [0, 0.05) is 5.41 Å². The highest BCUT2D eigenvalue weighted by molar-refractivity contribution is 6.73. The van der Waals surface area contributed by atoms with Gasteiger partial charge in [0.1, 0.15) is 12.7 Å². The number of halogens is 3. The summed E-state index contributed by atoms with van der Waals surface area (Å²) in [5, 5.41) is 0. The van der Waals surface area contributed by atoms with Crippen molar-refractivity contribution in [3.8, 4) is 0 Å². The quantitative estimate of drug-likeness (QED) is 0.142. The highest BCUT2D eigenvalue weighted by Gasteiger charge is 2.72. The average molecular weight is 773 g/mol.